The Kier molecular flexibility index (Phi) is 5.63. The lowest BCUT2D eigenvalue weighted by molar-refractivity contribution is -0.274. The van der Waals surface area contributed by atoms with Gasteiger partial charge in [-0.1, -0.05) is 36.4 Å². The van der Waals surface area contributed by atoms with E-state index in [1.54, 1.807) is 6.07 Å². The van der Waals surface area contributed by atoms with Gasteiger partial charge in [-0.3, -0.25) is 0 Å². The fraction of sp³-hybridized carbons (Fsp3) is 0.200. The second-order valence-electron chi connectivity index (χ2n) is 4.49. The van der Waals surface area contributed by atoms with Crippen LogP contribution >= 0.6 is 12.4 Å². The smallest absolute Gasteiger partial charge is 0.406 e. The molecule has 0 aliphatic carbocycles. The molecule has 1 atom stereocenters. The van der Waals surface area contributed by atoms with Gasteiger partial charge < -0.3 is 10.5 Å². The quantitative estimate of drug-likeness (QED) is 0.891. The first-order valence-electron chi connectivity index (χ1n) is 6.07. The maximum atomic E-state index is 12.2. The van der Waals surface area contributed by atoms with Crippen LogP contribution in [-0.4, -0.2) is 6.36 Å². The van der Waals surface area contributed by atoms with E-state index in [9.17, 15) is 13.2 Å². The molecule has 0 spiro atoms. The summed E-state index contributed by atoms with van der Waals surface area (Å²) in [5, 5.41) is 0. The van der Waals surface area contributed by atoms with Crippen molar-refractivity contribution in [1.29, 1.82) is 0 Å². The highest BCUT2D eigenvalue weighted by molar-refractivity contribution is 5.85. The first-order chi connectivity index (χ1) is 9.35. The minimum Gasteiger partial charge on any atom is -0.406 e. The van der Waals surface area contributed by atoms with Crippen LogP contribution in [0.3, 0.4) is 0 Å². The standard InChI is InChI=1S/C15H14F3NO.ClH/c1-10(19)11-5-7-12(8-6-11)13-3-2-4-14(9-13)20-15(16,17)18;/h2-10H,19H2,1H3;1H/t10-;/m1./s1. The van der Waals surface area contributed by atoms with Crippen molar-refractivity contribution in [3.8, 4) is 16.9 Å². The molecule has 0 saturated carbocycles. The van der Waals surface area contributed by atoms with E-state index in [0.717, 1.165) is 11.1 Å². The molecule has 0 bridgehead atoms. The number of alkyl halides is 3. The zero-order valence-electron chi connectivity index (χ0n) is 11.2. The van der Waals surface area contributed by atoms with Gasteiger partial charge in [-0.25, -0.2) is 0 Å². The van der Waals surface area contributed by atoms with E-state index < -0.39 is 6.36 Å². The molecule has 2 rings (SSSR count). The van der Waals surface area contributed by atoms with Crippen molar-refractivity contribution in [3.05, 3.63) is 54.1 Å². The average molecular weight is 318 g/mol. The number of halogens is 4. The minimum absolute atomic E-state index is 0. The minimum atomic E-state index is -4.68. The van der Waals surface area contributed by atoms with Crippen molar-refractivity contribution in [2.24, 2.45) is 5.73 Å². The van der Waals surface area contributed by atoms with Gasteiger partial charge in [0.05, 0.1) is 0 Å². The molecular weight excluding hydrogens is 303 g/mol. The molecule has 114 valence electrons. The van der Waals surface area contributed by atoms with Crippen LogP contribution in [0.1, 0.15) is 18.5 Å². The zero-order valence-corrected chi connectivity index (χ0v) is 12.0. The average Bonchev–Trinajstić information content (AvgIpc) is 2.37. The summed E-state index contributed by atoms with van der Waals surface area (Å²) in [6.07, 6.45) is -4.68. The molecule has 2 nitrogen and oxygen atoms in total. The molecule has 0 aromatic heterocycles. The molecule has 0 aliphatic rings. The van der Waals surface area contributed by atoms with Crippen molar-refractivity contribution in [2.75, 3.05) is 0 Å². The van der Waals surface area contributed by atoms with E-state index >= 15 is 0 Å². The molecule has 2 aromatic carbocycles. The van der Waals surface area contributed by atoms with Gasteiger partial charge >= 0.3 is 6.36 Å². The Bertz CT molecular complexity index is 582. The van der Waals surface area contributed by atoms with Crippen LogP contribution in [-0.2, 0) is 0 Å². The second-order valence-corrected chi connectivity index (χ2v) is 4.49. The second kappa shape index (κ2) is 6.83. The maximum Gasteiger partial charge on any atom is 0.573 e. The summed E-state index contributed by atoms with van der Waals surface area (Å²) in [7, 11) is 0. The predicted octanol–water partition coefficient (Wildman–Crippen LogP) is 4.69. The van der Waals surface area contributed by atoms with Crippen molar-refractivity contribution < 1.29 is 17.9 Å². The van der Waals surface area contributed by atoms with Gasteiger partial charge in [0.1, 0.15) is 5.75 Å². The summed E-state index contributed by atoms with van der Waals surface area (Å²) >= 11 is 0. The van der Waals surface area contributed by atoms with E-state index in [4.69, 9.17) is 5.73 Å². The zero-order chi connectivity index (χ0) is 14.8. The number of nitrogens with two attached hydrogens (primary N) is 1. The Labute approximate surface area is 127 Å². The maximum absolute atomic E-state index is 12.2. The number of benzene rings is 2. The fourth-order valence-corrected chi connectivity index (χ4v) is 1.85. The summed E-state index contributed by atoms with van der Waals surface area (Å²) in [6.45, 7) is 1.87. The fourth-order valence-electron chi connectivity index (χ4n) is 1.85. The van der Waals surface area contributed by atoms with Crippen LogP contribution in [0.25, 0.3) is 11.1 Å². The van der Waals surface area contributed by atoms with Gasteiger partial charge in [0.2, 0.25) is 0 Å². The summed E-state index contributed by atoms with van der Waals surface area (Å²) in [4.78, 5) is 0. The van der Waals surface area contributed by atoms with Gasteiger partial charge in [0.15, 0.2) is 0 Å². The van der Waals surface area contributed by atoms with Crippen LogP contribution in [0.15, 0.2) is 48.5 Å². The molecule has 2 N–H and O–H groups in total. The lowest BCUT2D eigenvalue weighted by Gasteiger charge is -2.11. The highest BCUT2D eigenvalue weighted by Gasteiger charge is 2.31. The van der Waals surface area contributed by atoms with Gasteiger partial charge in [0, 0.05) is 6.04 Å². The Balaban J connectivity index is 0.00000220. The SMILES string of the molecule is C[C@@H](N)c1ccc(-c2cccc(OC(F)(F)F)c2)cc1.Cl. The molecule has 0 fully saturated rings. The van der Waals surface area contributed by atoms with Crippen molar-refractivity contribution in [3.63, 3.8) is 0 Å². The van der Waals surface area contributed by atoms with Crippen molar-refractivity contribution in [1.82, 2.24) is 0 Å². The lowest BCUT2D eigenvalue weighted by atomic mass is 10.0. The van der Waals surface area contributed by atoms with E-state index in [1.807, 2.05) is 31.2 Å². The number of hydrogen-bond acceptors (Lipinski definition) is 2. The van der Waals surface area contributed by atoms with Crippen LogP contribution in [0.5, 0.6) is 5.75 Å². The molecule has 0 saturated heterocycles. The Hall–Kier alpha value is -1.72. The molecular formula is C15H15ClF3NO. The highest BCUT2D eigenvalue weighted by Crippen LogP contribution is 2.28. The molecule has 2 aromatic rings. The van der Waals surface area contributed by atoms with E-state index in [-0.39, 0.29) is 24.2 Å². The first kappa shape index (κ1) is 17.3. The topological polar surface area (TPSA) is 35.2 Å². The summed E-state index contributed by atoms with van der Waals surface area (Å²) in [5.74, 6) is -0.230. The molecule has 6 heteroatoms. The van der Waals surface area contributed by atoms with Crippen LogP contribution in [0.2, 0.25) is 0 Å². The van der Waals surface area contributed by atoms with Crippen molar-refractivity contribution >= 4 is 12.4 Å². The number of rotatable bonds is 3. The third-order valence-corrected chi connectivity index (χ3v) is 2.84. The normalized spacial score (nSPS) is 12.4. The number of ether oxygens (including phenoxy) is 1. The Morgan fingerprint density at radius 1 is 1.00 bits per heavy atom. The predicted molar refractivity (Wildman–Crippen MR) is 78.4 cm³/mol. The van der Waals surface area contributed by atoms with E-state index in [2.05, 4.69) is 4.74 Å². The summed E-state index contributed by atoms with van der Waals surface area (Å²) < 4.78 is 40.4. The summed E-state index contributed by atoms with van der Waals surface area (Å²) in [6, 6.07) is 13.2. The molecule has 21 heavy (non-hydrogen) atoms. The monoisotopic (exact) mass is 317 g/mol. The Morgan fingerprint density at radius 2 is 1.62 bits per heavy atom. The third kappa shape index (κ3) is 4.95. The first-order valence-corrected chi connectivity index (χ1v) is 6.07. The van der Waals surface area contributed by atoms with Crippen LogP contribution in [0, 0.1) is 0 Å². The molecule has 0 heterocycles. The number of hydrogen-bond donors (Lipinski definition) is 1. The molecule has 0 amide bonds. The van der Waals surface area contributed by atoms with Crippen LogP contribution in [0.4, 0.5) is 13.2 Å². The molecule has 0 aliphatic heterocycles. The Morgan fingerprint density at radius 3 is 2.14 bits per heavy atom. The third-order valence-electron chi connectivity index (χ3n) is 2.84. The largest absolute Gasteiger partial charge is 0.573 e. The van der Waals surface area contributed by atoms with E-state index in [1.165, 1.54) is 18.2 Å². The molecule has 0 radical (unpaired) electrons. The van der Waals surface area contributed by atoms with Gasteiger partial charge in [-0.2, -0.15) is 0 Å². The van der Waals surface area contributed by atoms with Crippen molar-refractivity contribution in [2.45, 2.75) is 19.3 Å². The van der Waals surface area contributed by atoms with Crippen LogP contribution < -0.4 is 10.5 Å². The van der Waals surface area contributed by atoms with Gasteiger partial charge in [-0.05, 0) is 35.7 Å². The summed E-state index contributed by atoms with van der Waals surface area (Å²) in [5.41, 5.74) is 8.18. The van der Waals surface area contributed by atoms with E-state index in [0.29, 0.717) is 5.56 Å². The highest BCUT2D eigenvalue weighted by atomic mass is 35.5. The lowest BCUT2D eigenvalue weighted by Crippen LogP contribution is -2.17. The molecule has 0 unspecified atom stereocenters. The van der Waals surface area contributed by atoms with Gasteiger partial charge in [0.25, 0.3) is 0 Å². The van der Waals surface area contributed by atoms with Gasteiger partial charge in [-0.15, -0.1) is 25.6 Å².